The minimum absolute atomic E-state index is 0.0557. The Morgan fingerprint density at radius 3 is 2.44 bits per heavy atom. The Labute approximate surface area is 226 Å². The van der Waals surface area contributed by atoms with Gasteiger partial charge in [-0.1, -0.05) is 30.3 Å². The average molecular weight is 540 g/mol. The molecular formula is C28H34FN5O5. The Morgan fingerprint density at radius 2 is 1.79 bits per heavy atom. The van der Waals surface area contributed by atoms with Crippen LogP contribution in [0, 0.1) is 11.7 Å². The summed E-state index contributed by atoms with van der Waals surface area (Å²) in [5.74, 6) is -4.79. The summed E-state index contributed by atoms with van der Waals surface area (Å²) in [4.78, 5) is 68.4. The quantitative estimate of drug-likeness (QED) is 0.336. The predicted octanol–water partition coefficient (Wildman–Crippen LogP) is 1.45. The van der Waals surface area contributed by atoms with Gasteiger partial charge in [0.25, 0.3) is 11.8 Å². The summed E-state index contributed by atoms with van der Waals surface area (Å²) < 4.78 is 13.6. The van der Waals surface area contributed by atoms with E-state index in [1.165, 1.54) is 6.20 Å². The van der Waals surface area contributed by atoms with E-state index in [2.05, 4.69) is 26.3 Å². The number of carbonyl (C=O) groups is 5. The van der Waals surface area contributed by atoms with Crippen LogP contribution in [0.1, 0.15) is 56.0 Å². The number of amides is 4. The molecule has 2 heterocycles. The Balaban J connectivity index is 1.85. The molecule has 4 amide bonds. The number of nitrogens with zero attached hydrogens (tertiary/aromatic N) is 1. The van der Waals surface area contributed by atoms with Gasteiger partial charge in [-0.25, -0.2) is 4.39 Å². The molecule has 2 aromatic rings. The van der Waals surface area contributed by atoms with Gasteiger partial charge in [0.2, 0.25) is 17.6 Å². The fraction of sp³-hybridized carbons (Fsp3) is 0.429. The van der Waals surface area contributed by atoms with Gasteiger partial charge < -0.3 is 21.3 Å². The van der Waals surface area contributed by atoms with Crippen LogP contribution in [0.25, 0.3) is 0 Å². The summed E-state index contributed by atoms with van der Waals surface area (Å²) in [6.45, 7) is 5.66. The van der Waals surface area contributed by atoms with E-state index in [-0.39, 0.29) is 24.3 Å². The molecule has 1 aliphatic rings. The Kier molecular flexibility index (Phi) is 9.86. The molecule has 0 bridgehead atoms. The van der Waals surface area contributed by atoms with Crippen molar-refractivity contribution >= 4 is 29.4 Å². The zero-order chi connectivity index (χ0) is 28.6. The first-order chi connectivity index (χ1) is 18.4. The Hall–Kier alpha value is -4.15. The number of Topliss-reactive ketones (excluding diaryl/α,β-unsaturated/α-hetero) is 1. The largest absolute Gasteiger partial charge is 0.356 e. The first kappa shape index (κ1) is 29.4. The van der Waals surface area contributed by atoms with E-state index < -0.39 is 52.9 Å². The highest BCUT2D eigenvalue weighted by Gasteiger charge is 2.35. The lowest BCUT2D eigenvalue weighted by Crippen LogP contribution is -2.57. The van der Waals surface area contributed by atoms with Gasteiger partial charge >= 0.3 is 0 Å². The van der Waals surface area contributed by atoms with E-state index in [0.29, 0.717) is 19.4 Å². The zero-order valence-corrected chi connectivity index (χ0v) is 22.3. The molecule has 0 aliphatic carbocycles. The van der Waals surface area contributed by atoms with E-state index in [9.17, 15) is 28.4 Å². The van der Waals surface area contributed by atoms with Crippen LogP contribution in [0.5, 0.6) is 0 Å². The number of aromatic nitrogens is 1. The Bertz CT molecular complexity index is 1210. The molecule has 1 aromatic carbocycles. The molecule has 3 atom stereocenters. The number of carbonyl (C=O) groups excluding carboxylic acids is 5. The summed E-state index contributed by atoms with van der Waals surface area (Å²) in [5.41, 5.74) is -0.0703. The maximum atomic E-state index is 13.6. The number of pyridine rings is 1. The molecule has 0 unspecified atom stereocenters. The first-order valence-electron chi connectivity index (χ1n) is 12.8. The molecular weight excluding hydrogens is 505 g/mol. The van der Waals surface area contributed by atoms with Crippen molar-refractivity contribution in [1.29, 1.82) is 0 Å². The summed E-state index contributed by atoms with van der Waals surface area (Å²) in [6.07, 6.45) is 3.30. The topological polar surface area (TPSA) is 146 Å². The number of nitrogens with one attached hydrogen (secondary N) is 4. The van der Waals surface area contributed by atoms with Crippen LogP contribution in [-0.2, 0) is 25.6 Å². The molecule has 3 rings (SSSR count). The number of benzene rings is 1. The lowest BCUT2D eigenvalue weighted by Gasteiger charge is -2.28. The van der Waals surface area contributed by atoms with Gasteiger partial charge in [0.1, 0.15) is 11.9 Å². The van der Waals surface area contributed by atoms with Gasteiger partial charge in [-0.15, -0.1) is 0 Å². The summed E-state index contributed by atoms with van der Waals surface area (Å²) >= 11 is 0. The number of halogens is 1. The molecule has 1 aromatic heterocycles. The van der Waals surface area contributed by atoms with Gasteiger partial charge in [0, 0.05) is 30.6 Å². The standard InChI is InChI=1S/C28H34FN5O5/c1-28(2,3)34-27(39)23(35)21(14-18-10-7-11-31-24(18)36)32-26(38)22(12-17-8-5-4-6-9-17)33-25(37)19-13-20(29)16-30-15-19/h4-6,8-9,13,15-16,18,21-22H,7,10-12,14H2,1-3H3,(H,31,36)(H,32,38)(H,33,37)(H,34,39)/t18-,21-,22-/m0/s1. The van der Waals surface area contributed by atoms with Crippen LogP contribution >= 0.6 is 0 Å². The predicted molar refractivity (Wildman–Crippen MR) is 141 cm³/mol. The van der Waals surface area contributed by atoms with Crippen LogP contribution in [0.15, 0.2) is 48.8 Å². The van der Waals surface area contributed by atoms with Crippen molar-refractivity contribution in [3.8, 4) is 0 Å². The van der Waals surface area contributed by atoms with E-state index >= 15 is 0 Å². The fourth-order valence-corrected chi connectivity index (χ4v) is 4.25. The molecule has 1 saturated heterocycles. The maximum absolute atomic E-state index is 13.6. The molecule has 0 radical (unpaired) electrons. The lowest BCUT2D eigenvalue weighted by molar-refractivity contribution is -0.142. The van der Waals surface area contributed by atoms with Crippen LogP contribution in [0.4, 0.5) is 4.39 Å². The number of hydrogen-bond acceptors (Lipinski definition) is 6. The molecule has 4 N–H and O–H groups in total. The molecule has 0 spiro atoms. The second-order valence-electron chi connectivity index (χ2n) is 10.6. The zero-order valence-electron chi connectivity index (χ0n) is 22.3. The average Bonchev–Trinajstić information content (AvgIpc) is 2.88. The van der Waals surface area contributed by atoms with Crippen molar-refractivity contribution in [2.24, 2.45) is 5.92 Å². The minimum atomic E-state index is -1.31. The third kappa shape index (κ3) is 8.98. The second-order valence-corrected chi connectivity index (χ2v) is 10.6. The lowest BCUT2D eigenvalue weighted by atomic mass is 9.89. The van der Waals surface area contributed by atoms with Crippen molar-refractivity contribution in [2.45, 2.75) is 64.1 Å². The third-order valence-electron chi connectivity index (χ3n) is 6.14. The van der Waals surface area contributed by atoms with Crippen LogP contribution < -0.4 is 21.3 Å². The van der Waals surface area contributed by atoms with Crippen LogP contribution in [0.3, 0.4) is 0 Å². The summed E-state index contributed by atoms with van der Waals surface area (Å²) in [5, 5.41) is 10.5. The van der Waals surface area contributed by atoms with E-state index in [1.807, 2.05) is 0 Å². The molecule has 10 nitrogen and oxygen atoms in total. The monoisotopic (exact) mass is 539 g/mol. The number of hydrogen-bond donors (Lipinski definition) is 4. The van der Waals surface area contributed by atoms with E-state index in [4.69, 9.17) is 0 Å². The SMILES string of the molecule is CC(C)(C)NC(=O)C(=O)[C@H](C[C@@H]1CCCNC1=O)NC(=O)[C@H](Cc1ccccc1)NC(=O)c1cncc(F)c1. The highest BCUT2D eigenvalue weighted by Crippen LogP contribution is 2.19. The minimum Gasteiger partial charge on any atom is -0.356 e. The summed E-state index contributed by atoms with van der Waals surface area (Å²) in [6, 6.07) is 7.38. The molecule has 0 saturated carbocycles. The highest BCUT2D eigenvalue weighted by molar-refractivity contribution is 6.38. The molecule has 1 aliphatic heterocycles. The number of ketones is 1. The van der Waals surface area contributed by atoms with Gasteiger partial charge in [-0.3, -0.25) is 29.0 Å². The van der Waals surface area contributed by atoms with Crippen molar-refractivity contribution in [3.63, 3.8) is 0 Å². The van der Waals surface area contributed by atoms with Gasteiger partial charge in [0.15, 0.2) is 0 Å². The Morgan fingerprint density at radius 1 is 1.08 bits per heavy atom. The second kappa shape index (κ2) is 13.1. The van der Waals surface area contributed by atoms with Crippen molar-refractivity contribution in [1.82, 2.24) is 26.3 Å². The van der Waals surface area contributed by atoms with Crippen molar-refractivity contribution < 1.29 is 28.4 Å². The van der Waals surface area contributed by atoms with E-state index in [0.717, 1.165) is 17.8 Å². The number of rotatable bonds is 10. The molecule has 208 valence electrons. The first-order valence-corrected chi connectivity index (χ1v) is 12.8. The molecule has 39 heavy (non-hydrogen) atoms. The third-order valence-corrected chi connectivity index (χ3v) is 6.14. The normalized spacial score (nSPS) is 16.8. The maximum Gasteiger partial charge on any atom is 0.290 e. The number of piperidine rings is 1. The van der Waals surface area contributed by atoms with Crippen molar-refractivity contribution in [2.75, 3.05) is 6.54 Å². The van der Waals surface area contributed by atoms with E-state index in [1.54, 1.807) is 51.1 Å². The highest BCUT2D eigenvalue weighted by atomic mass is 19.1. The summed E-state index contributed by atoms with van der Waals surface area (Å²) in [7, 11) is 0. The van der Waals surface area contributed by atoms with Gasteiger partial charge in [0.05, 0.1) is 17.8 Å². The van der Waals surface area contributed by atoms with Crippen molar-refractivity contribution in [3.05, 3.63) is 65.7 Å². The smallest absolute Gasteiger partial charge is 0.290 e. The molecule has 1 fully saturated rings. The van der Waals surface area contributed by atoms with Gasteiger partial charge in [-0.05, 0) is 51.7 Å². The van der Waals surface area contributed by atoms with Crippen LogP contribution in [0.2, 0.25) is 0 Å². The van der Waals surface area contributed by atoms with Crippen LogP contribution in [-0.4, -0.2) is 58.6 Å². The van der Waals surface area contributed by atoms with Gasteiger partial charge in [-0.2, -0.15) is 0 Å². The fourth-order valence-electron chi connectivity index (χ4n) is 4.25. The molecule has 11 heteroatoms.